The number of phenols is 1. The van der Waals surface area contributed by atoms with Crippen LogP contribution in [0, 0.1) is 0 Å². The SMILES string of the molecule is COC(=O)COc1ccc(C(=O)c2cc(CN(C)C)c(O)c(CN(C)C)c2)c(Cl)c1Cl.Cl.Cl. The number of nitrogens with zero attached hydrogens (tertiary/aromatic N) is 2. The molecule has 0 aromatic heterocycles. The van der Waals surface area contributed by atoms with Crippen LogP contribution in [0.5, 0.6) is 11.5 Å². The molecule has 0 bridgehead atoms. The van der Waals surface area contributed by atoms with Crippen LogP contribution >= 0.6 is 48.0 Å². The maximum absolute atomic E-state index is 13.3. The Hall–Kier alpha value is -1.74. The van der Waals surface area contributed by atoms with Crippen molar-refractivity contribution in [1.29, 1.82) is 0 Å². The van der Waals surface area contributed by atoms with E-state index >= 15 is 0 Å². The topological polar surface area (TPSA) is 79.3 Å². The van der Waals surface area contributed by atoms with Crippen LogP contribution in [-0.2, 0) is 22.6 Å². The van der Waals surface area contributed by atoms with Crippen molar-refractivity contribution in [3.63, 3.8) is 0 Å². The fourth-order valence-corrected chi connectivity index (χ4v) is 3.44. The average Bonchev–Trinajstić information content (AvgIpc) is 2.70. The maximum atomic E-state index is 13.3. The van der Waals surface area contributed by atoms with E-state index in [1.807, 2.05) is 38.0 Å². The van der Waals surface area contributed by atoms with Crippen molar-refractivity contribution in [2.24, 2.45) is 0 Å². The molecule has 11 heteroatoms. The van der Waals surface area contributed by atoms with Gasteiger partial charge in [-0.25, -0.2) is 4.79 Å². The molecule has 33 heavy (non-hydrogen) atoms. The molecule has 0 aliphatic heterocycles. The zero-order chi connectivity index (χ0) is 23.3. The minimum Gasteiger partial charge on any atom is -0.507 e. The van der Waals surface area contributed by atoms with Crippen LogP contribution in [0.2, 0.25) is 10.0 Å². The van der Waals surface area contributed by atoms with E-state index in [4.69, 9.17) is 27.9 Å². The van der Waals surface area contributed by atoms with E-state index in [1.165, 1.54) is 19.2 Å². The Morgan fingerprint density at radius 2 is 1.45 bits per heavy atom. The molecule has 0 fully saturated rings. The van der Waals surface area contributed by atoms with Gasteiger partial charge in [0.25, 0.3) is 0 Å². The van der Waals surface area contributed by atoms with Gasteiger partial charge in [-0.05, 0) is 52.5 Å². The number of carbonyl (C=O) groups excluding carboxylic acids is 2. The molecule has 0 aliphatic rings. The second-order valence-corrected chi connectivity index (χ2v) is 8.31. The lowest BCUT2D eigenvalue weighted by Gasteiger charge is -2.18. The summed E-state index contributed by atoms with van der Waals surface area (Å²) in [5.41, 5.74) is 1.84. The van der Waals surface area contributed by atoms with Crippen LogP contribution in [0.15, 0.2) is 24.3 Å². The molecular formula is C22H28Cl4N2O5. The fourth-order valence-electron chi connectivity index (χ4n) is 2.98. The summed E-state index contributed by atoms with van der Waals surface area (Å²) in [5.74, 6) is -0.583. The molecule has 0 saturated carbocycles. The van der Waals surface area contributed by atoms with Crippen molar-refractivity contribution in [3.05, 3.63) is 56.6 Å². The molecule has 7 nitrogen and oxygen atoms in total. The quantitative estimate of drug-likeness (QED) is 0.371. The third-order valence-electron chi connectivity index (χ3n) is 4.37. The Kier molecular flexibility index (Phi) is 13.1. The molecule has 184 valence electrons. The van der Waals surface area contributed by atoms with Gasteiger partial charge in [0.1, 0.15) is 16.5 Å². The third kappa shape index (κ3) is 8.21. The number of benzene rings is 2. The summed E-state index contributed by atoms with van der Waals surface area (Å²) in [6.45, 7) is 0.587. The third-order valence-corrected chi connectivity index (χ3v) is 5.23. The number of esters is 1. The van der Waals surface area contributed by atoms with Crippen molar-refractivity contribution in [2.75, 3.05) is 41.9 Å². The molecular weight excluding hydrogens is 514 g/mol. The van der Waals surface area contributed by atoms with Gasteiger partial charge in [0.15, 0.2) is 12.4 Å². The number of ether oxygens (including phenoxy) is 2. The van der Waals surface area contributed by atoms with Gasteiger partial charge >= 0.3 is 5.97 Å². The monoisotopic (exact) mass is 540 g/mol. The first-order valence-electron chi connectivity index (χ1n) is 9.41. The first-order valence-corrected chi connectivity index (χ1v) is 10.2. The Bertz CT molecular complexity index is 952. The number of halogens is 4. The minimum atomic E-state index is -0.571. The van der Waals surface area contributed by atoms with E-state index < -0.39 is 5.97 Å². The summed E-state index contributed by atoms with van der Waals surface area (Å²) < 4.78 is 9.83. The number of hydrogen-bond donors (Lipinski definition) is 1. The number of carbonyl (C=O) groups is 2. The summed E-state index contributed by atoms with van der Waals surface area (Å²) >= 11 is 12.6. The smallest absolute Gasteiger partial charge is 0.343 e. The predicted molar refractivity (Wildman–Crippen MR) is 135 cm³/mol. The lowest BCUT2D eigenvalue weighted by Crippen LogP contribution is -2.15. The number of hydrogen-bond acceptors (Lipinski definition) is 7. The van der Waals surface area contributed by atoms with Crippen molar-refractivity contribution >= 4 is 59.8 Å². The fraction of sp³-hybridized carbons (Fsp3) is 0.364. The molecule has 0 atom stereocenters. The lowest BCUT2D eigenvalue weighted by molar-refractivity contribution is -0.142. The standard InChI is InChI=1S/C22H26Cl2N2O5.2ClH/c1-25(2)10-14-8-13(9-15(21(14)28)11-26(3)4)22(29)16-6-7-17(20(24)19(16)23)31-12-18(27)30-5;;/h6-9,28H,10-12H2,1-5H3;2*1H. The zero-order valence-electron chi connectivity index (χ0n) is 19.0. The molecule has 0 aliphatic carbocycles. The van der Waals surface area contributed by atoms with E-state index in [1.54, 1.807) is 12.1 Å². The number of rotatable bonds is 9. The highest BCUT2D eigenvalue weighted by Gasteiger charge is 2.21. The van der Waals surface area contributed by atoms with Gasteiger partial charge in [-0.2, -0.15) is 0 Å². The van der Waals surface area contributed by atoms with Crippen LogP contribution in [0.4, 0.5) is 0 Å². The average molecular weight is 542 g/mol. The maximum Gasteiger partial charge on any atom is 0.343 e. The highest BCUT2D eigenvalue weighted by atomic mass is 35.5. The van der Waals surface area contributed by atoms with Gasteiger partial charge in [-0.1, -0.05) is 23.2 Å². The van der Waals surface area contributed by atoms with E-state index in [9.17, 15) is 14.7 Å². The second kappa shape index (κ2) is 13.8. The highest BCUT2D eigenvalue weighted by molar-refractivity contribution is 6.45. The van der Waals surface area contributed by atoms with Crippen molar-refractivity contribution in [3.8, 4) is 11.5 Å². The molecule has 0 spiro atoms. The van der Waals surface area contributed by atoms with Crippen LogP contribution in [0.1, 0.15) is 27.0 Å². The molecule has 2 aromatic carbocycles. The van der Waals surface area contributed by atoms with Gasteiger partial charge in [-0.3, -0.25) is 4.79 Å². The first-order chi connectivity index (χ1) is 14.5. The molecule has 0 unspecified atom stereocenters. The van der Waals surface area contributed by atoms with Crippen LogP contribution < -0.4 is 4.74 Å². The summed E-state index contributed by atoms with van der Waals surface area (Å²) in [6.07, 6.45) is 0. The van der Waals surface area contributed by atoms with Gasteiger partial charge < -0.3 is 24.4 Å². The number of ketones is 1. The van der Waals surface area contributed by atoms with Crippen molar-refractivity contribution < 1.29 is 24.2 Å². The Balaban J connectivity index is 0.00000512. The van der Waals surface area contributed by atoms with E-state index in [2.05, 4.69) is 4.74 Å². The van der Waals surface area contributed by atoms with Crippen molar-refractivity contribution in [1.82, 2.24) is 9.80 Å². The summed E-state index contributed by atoms with van der Waals surface area (Å²) in [5, 5.41) is 10.7. The molecule has 2 aromatic rings. The normalized spacial score (nSPS) is 10.5. The van der Waals surface area contributed by atoms with Crippen LogP contribution in [0.25, 0.3) is 0 Å². The first kappa shape index (κ1) is 31.3. The van der Waals surface area contributed by atoms with Crippen molar-refractivity contribution in [2.45, 2.75) is 13.1 Å². The van der Waals surface area contributed by atoms with Gasteiger partial charge in [0.2, 0.25) is 0 Å². The second-order valence-electron chi connectivity index (χ2n) is 7.55. The highest BCUT2D eigenvalue weighted by Crippen LogP contribution is 2.36. The molecule has 0 amide bonds. The Morgan fingerprint density at radius 1 is 0.939 bits per heavy atom. The van der Waals surface area contributed by atoms with Crippen LogP contribution in [-0.4, -0.2) is 68.6 Å². The number of aromatic hydroxyl groups is 1. The molecule has 0 saturated heterocycles. The van der Waals surface area contributed by atoms with Gasteiger partial charge in [0.05, 0.1) is 12.1 Å². The summed E-state index contributed by atoms with van der Waals surface area (Å²) in [6, 6.07) is 6.28. The number of phenolic OH excluding ortho intramolecular Hbond substituents is 1. The zero-order valence-corrected chi connectivity index (χ0v) is 22.1. The largest absolute Gasteiger partial charge is 0.507 e. The van der Waals surface area contributed by atoms with E-state index in [0.29, 0.717) is 29.8 Å². The summed E-state index contributed by atoms with van der Waals surface area (Å²) in [7, 11) is 8.76. The van der Waals surface area contributed by atoms with Gasteiger partial charge in [0, 0.05) is 35.3 Å². The molecule has 0 heterocycles. The predicted octanol–water partition coefficient (Wildman–Crippen LogP) is 4.45. The van der Waals surface area contributed by atoms with E-state index in [-0.39, 0.29) is 64.3 Å². The molecule has 1 N–H and O–H groups in total. The minimum absolute atomic E-state index is 0. The molecule has 0 radical (unpaired) electrons. The number of methoxy groups -OCH3 is 1. The lowest BCUT2D eigenvalue weighted by atomic mass is 9.97. The Morgan fingerprint density at radius 3 is 1.91 bits per heavy atom. The van der Waals surface area contributed by atoms with Gasteiger partial charge in [-0.15, -0.1) is 24.8 Å². The summed E-state index contributed by atoms with van der Waals surface area (Å²) in [4.78, 5) is 28.3. The molecule has 2 rings (SSSR count). The Labute approximate surface area is 216 Å². The van der Waals surface area contributed by atoms with Crippen LogP contribution in [0.3, 0.4) is 0 Å². The van der Waals surface area contributed by atoms with E-state index in [0.717, 1.165) is 0 Å².